The van der Waals surface area contributed by atoms with E-state index in [1.165, 1.54) is 19.4 Å². The summed E-state index contributed by atoms with van der Waals surface area (Å²) in [6.07, 6.45) is -3.51. The van der Waals surface area contributed by atoms with Crippen molar-refractivity contribution < 1.29 is 36.2 Å². The number of aromatic nitrogens is 1. The molecule has 0 saturated carbocycles. The number of rotatable bonds is 5. The molecule has 2 N–H and O–H groups in total. The Balaban J connectivity index is 2.57. The molecule has 1 aromatic heterocycles. The van der Waals surface area contributed by atoms with Crippen LogP contribution in [-0.4, -0.2) is 31.6 Å². The van der Waals surface area contributed by atoms with E-state index < -0.39 is 38.2 Å². The van der Waals surface area contributed by atoms with E-state index in [-0.39, 0.29) is 11.6 Å². The number of pyridine rings is 1. The van der Waals surface area contributed by atoms with Gasteiger partial charge in [-0.05, 0) is 36.8 Å². The van der Waals surface area contributed by atoms with Crippen molar-refractivity contribution in [3.63, 3.8) is 0 Å². The Morgan fingerprint density at radius 1 is 1.23 bits per heavy atom. The Labute approximate surface area is 146 Å². The number of halogens is 3. The molecular formula is C15H13F3N2O5S. The summed E-state index contributed by atoms with van der Waals surface area (Å²) >= 11 is 0. The zero-order chi connectivity index (χ0) is 19.7. The van der Waals surface area contributed by atoms with Crippen molar-refractivity contribution in [2.75, 3.05) is 11.8 Å². The van der Waals surface area contributed by atoms with Crippen molar-refractivity contribution in [2.24, 2.45) is 0 Å². The number of aryl methyl sites for hydroxylation is 1. The highest BCUT2D eigenvalue weighted by molar-refractivity contribution is 7.92. The number of methoxy groups -OCH3 is 1. The average Bonchev–Trinajstić information content (AvgIpc) is 2.53. The summed E-state index contributed by atoms with van der Waals surface area (Å²) in [5, 5.41) is 8.96. The summed E-state index contributed by atoms with van der Waals surface area (Å²) in [7, 11) is -3.30. The quantitative estimate of drug-likeness (QED) is 0.813. The first-order chi connectivity index (χ1) is 11.9. The van der Waals surface area contributed by atoms with Gasteiger partial charge in [0.1, 0.15) is 5.69 Å². The van der Waals surface area contributed by atoms with Gasteiger partial charge in [-0.3, -0.25) is 4.72 Å². The number of hydrogen-bond acceptors (Lipinski definition) is 5. The molecule has 0 aliphatic heterocycles. The minimum atomic E-state index is -4.92. The molecule has 0 aliphatic rings. The van der Waals surface area contributed by atoms with Gasteiger partial charge in [0.05, 0.1) is 23.1 Å². The van der Waals surface area contributed by atoms with Crippen molar-refractivity contribution in [2.45, 2.75) is 18.0 Å². The van der Waals surface area contributed by atoms with Crippen LogP contribution in [0.3, 0.4) is 0 Å². The van der Waals surface area contributed by atoms with E-state index in [9.17, 15) is 26.4 Å². The van der Waals surface area contributed by atoms with Crippen molar-refractivity contribution in [1.82, 2.24) is 4.98 Å². The fourth-order valence-corrected chi connectivity index (χ4v) is 3.16. The molecule has 0 spiro atoms. The second-order valence-electron chi connectivity index (χ2n) is 5.22. The summed E-state index contributed by atoms with van der Waals surface area (Å²) in [5.41, 5.74) is -1.73. The lowest BCUT2D eigenvalue weighted by molar-refractivity contribution is -0.137. The van der Waals surface area contributed by atoms with E-state index in [2.05, 4.69) is 9.71 Å². The molecule has 140 valence electrons. The van der Waals surface area contributed by atoms with Crippen LogP contribution >= 0.6 is 0 Å². The van der Waals surface area contributed by atoms with E-state index in [1.54, 1.807) is 6.92 Å². The molecule has 0 aliphatic carbocycles. The minimum Gasteiger partial charge on any atom is -0.480 e. The number of anilines is 1. The summed E-state index contributed by atoms with van der Waals surface area (Å²) in [6.45, 7) is 1.62. The molecule has 2 aromatic rings. The molecule has 0 bridgehead atoms. The number of carboxylic acid groups (broad SMARTS) is 1. The van der Waals surface area contributed by atoms with Crippen LogP contribution in [0.2, 0.25) is 0 Å². The lowest BCUT2D eigenvalue weighted by atomic mass is 10.1. The number of carbonyl (C=O) groups is 1. The number of ether oxygens (including phenoxy) is 1. The predicted octanol–water partition coefficient (Wildman–Crippen LogP) is 2.92. The number of nitrogens with one attached hydrogen (secondary N) is 1. The summed E-state index contributed by atoms with van der Waals surface area (Å²) < 4.78 is 70.8. The molecule has 0 radical (unpaired) electrons. The monoisotopic (exact) mass is 390 g/mol. The third kappa shape index (κ3) is 4.23. The first-order valence-corrected chi connectivity index (χ1v) is 8.41. The van der Waals surface area contributed by atoms with Gasteiger partial charge in [-0.1, -0.05) is 0 Å². The van der Waals surface area contributed by atoms with Gasteiger partial charge in [0.2, 0.25) is 5.88 Å². The highest BCUT2D eigenvalue weighted by atomic mass is 32.2. The van der Waals surface area contributed by atoms with Crippen LogP contribution in [0.15, 0.2) is 35.4 Å². The average molecular weight is 390 g/mol. The maximum absolute atomic E-state index is 13.0. The third-order valence-corrected chi connectivity index (χ3v) is 4.56. The number of aromatic carboxylic acids is 1. The van der Waals surface area contributed by atoms with Crippen LogP contribution < -0.4 is 9.46 Å². The first kappa shape index (κ1) is 19.5. The van der Waals surface area contributed by atoms with Crippen LogP contribution in [-0.2, 0) is 16.2 Å². The molecule has 0 fully saturated rings. The summed E-state index contributed by atoms with van der Waals surface area (Å²) in [5.74, 6) is -1.79. The van der Waals surface area contributed by atoms with Crippen LogP contribution in [0.25, 0.3) is 0 Å². The van der Waals surface area contributed by atoms with Crippen molar-refractivity contribution in [3.05, 3.63) is 47.2 Å². The Bertz CT molecular complexity index is 958. The Morgan fingerprint density at radius 2 is 1.88 bits per heavy atom. The number of benzene rings is 1. The van der Waals surface area contributed by atoms with E-state index in [0.717, 1.165) is 0 Å². The molecule has 0 unspecified atom stereocenters. The normalized spacial score (nSPS) is 11.9. The second-order valence-corrected chi connectivity index (χ2v) is 6.91. The number of sulfonamides is 1. The zero-order valence-electron chi connectivity index (χ0n) is 13.5. The molecule has 0 saturated heterocycles. The molecule has 0 amide bonds. The fourth-order valence-electron chi connectivity index (χ4n) is 2.04. The maximum atomic E-state index is 13.0. The molecular weight excluding hydrogens is 377 g/mol. The van der Waals surface area contributed by atoms with E-state index >= 15 is 0 Å². The lowest BCUT2D eigenvalue weighted by Gasteiger charge is -2.14. The number of alkyl halides is 3. The van der Waals surface area contributed by atoms with E-state index in [0.29, 0.717) is 23.8 Å². The van der Waals surface area contributed by atoms with Gasteiger partial charge in [-0.25, -0.2) is 18.2 Å². The smallest absolute Gasteiger partial charge is 0.416 e. The molecule has 7 nitrogen and oxygen atoms in total. The molecule has 1 aromatic carbocycles. The highest BCUT2D eigenvalue weighted by Crippen LogP contribution is 2.33. The van der Waals surface area contributed by atoms with Crippen LogP contribution in [0.1, 0.15) is 21.5 Å². The van der Waals surface area contributed by atoms with E-state index in [4.69, 9.17) is 9.84 Å². The SMILES string of the molecule is COc1ncc(C)cc1NS(=O)(=O)c1cc(C(=O)O)cc(C(F)(F)F)c1. The molecule has 0 atom stereocenters. The molecule has 11 heteroatoms. The highest BCUT2D eigenvalue weighted by Gasteiger charge is 2.33. The van der Waals surface area contributed by atoms with Gasteiger partial charge in [-0.15, -0.1) is 0 Å². The molecule has 1 heterocycles. The van der Waals surface area contributed by atoms with Crippen molar-refractivity contribution in [1.29, 1.82) is 0 Å². The topological polar surface area (TPSA) is 106 Å². The third-order valence-electron chi connectivity index (χ3n) is 3.22. The Hall–Kier alpha value is -2.82. The fraction of sp³-hybridized carbons (Fsp3) is 0.200. The first-order valence-electron chi connectivity index (χ1n) is 6.93. The van der Waals surface area contributed by atoms with Crippen LogP contribution in [0.5, 0.6) is 5.88 Å². The maximum Gasteiger partial charge on any atom is 0.416 e. The molecule has 26 heavy (non-hydrogen) atoms. The lowest BCUT2D eigenvalue weighted by Crippen LogP contribution is -2.17. The second kappa shape index (κ2) is 6.83. The number of hydrogen-bond donors (Lipinski definition) is 2. The summed E-state index contributed by atoms with van der Waals surface area (Å²) in [4.78, 5) is 14.1. The van der Waals surface area contributed by atoms with Gasteiger partial charge in [0.25, 0.3) is 10.0 Å². The van der Waals surface area contributed by atoms with Gasteiger partial charge in [0, 0.05) is 6.20 Å². The number of carboxylic acids is 1. The zero-order valence-corrected chi connectivity index (χ0v) is 14.3. The number of nitrogens with zero attached hydrogens (tertiary/aromatic N) is 1. The standard InChI is InChI=1S/C15H13F3N2O5S/c1-8-3-12(13(25-2)19-7-8)20-26(23,24)11-5-9(14(21)22)4-10(6-11)15(16,17)18/h3-7,20H,1-2H3,(H,21,22). The van der Waals surface area contributed by atoms with E-state index in [1.807, 2.05) is 0 Å². The van der Waals surface area contributed by atoms with Crippen LogP contribution in [0.4, 0.5) is 18.9 Å². The van der Waals surface area contributed by atoms with Gasteiger partial charge >= 0.3 is 12.1 Å². The predicted molar refractivity (Wildman–Crippen MR) is 84.7 cm³/mol. The van der Waals surface area contributed by atoms with Gasteiger partial charge in [0.15, 0.2) is 0 Å². The Morgan fingerprint density at radius 3 is 2.42 bits per heavy atom. The van der Waals surface area contributed by atoms with Crippen molar-refractivity contribution >= 4 is 21.7 Å². The summed E-state index contributed by atoms with van der Waals surface area (Å²) in [6, 6.07) is 2.71. The van der Waals surface area contributed by atoms with Crippen molar-refractivity contribution in [3.8, 4) is 5.88 Å². The van der Waals surface area contributed by atoms with Crippen LogP contribution in [0, 0.1) is 6.92 Å². The Kier molecular flexibility index (Phi) is 5.12. The minimum absolute atomic E-state index is 0.0930. The van der Waals surface area contributed by atoms with Gasteiger partial charge < -0.3 is 9.84 Å². The van der Waals surface area contributed by atoms with Gasteiger partial charge in [-0.2, -0.15) is 13.2 Å². The molecule has 2 rings (SSSR count). The largest absolute Gasteiger partial charge is 0.480 e.